The third-order valence-electron chi connectivity index (χ3n) is 2.63. The molecule has 0 radical (unpaired) electrons. The Balaban J connectivity index is 2.83. The van der Waals surface area contributed by atoms with Gasteiger partial charge in [-0.25, -0.2) is 0 Å². The van der Waals surface area contributed by atoms with Crippen LogP contribution in [-0.4, -0.2) is 30.3 Å². The van der Waals surface area contributed by atoms with Gasteiger partial charge in [-0.1, -0.05) is 0 Å². The first-order chi connectivity index (χ1) is 9.79. The number of nitrogens with zero attached hydrogens (tertiary/aromatic N) is 1. The first kappa shape index (κ1) is 16.7. The van der Waals surface area contributed by atoms with E-state index in [1.165, 1.54) is 18.7 Å². The lowest BCUT2D eigenvalue weighted by Crippen LogP contribution is -2.42. The number of hydrogen-bond donors (Lipinski definition) is 2. The summed E-state index contributed by atoms with van der Waals surface area (Å²) in [5.74, 6) is -0.602. The molecule has 0 fully saturated rings. The Morgan fingerprint density at radius 2 is 1.67 bits per heavy atom. The molecule has 21 heavy (non-hydrogen) atoms. The Hall–Kier alpha value is -2.37. The van der Waals surface area contributed by atoms with Crippen molar-refractivity contribution in [3.05, 3.63) is 24.3 Å². The van der Waals surface area contributed by atoms with Crippen LogP contribution in [0.5, 0.6) is 0 Å². The van der Waals surface area contributed by atoms with Crippen molar-refractivity contribution in [3.63, 3.8) is 0 Å². The lowest BCUT2D eigenvalue weighted by molar-refractivity contribution is -0.123. The molecule has 1 aromatic rings. The zero-order chi connectivity index (χ0) is 16.0. The van der Waals surface area contributed by atoms with Crippen LogP contribution >= 0.6 is 0 Å². The predicted molar refractivity (Wildman–Crippen MR) is 82.1 cm³/mol. The van der Waals surface area contributed by atoms with Crippen molar-refractivity contribution in [3.8, 4) is 0 Å². The number of carbonyl (C=O) groups excluding carboxylic acids is 3. The van der Waals surface area contributed by atoms with Crippen LogP contribution in [0.1, 0.15) is 27.7 Å². The van der Waals surface area contributed by atoms with Gasteiger partial charge in [-0.3, -0.25) is 14.4 Å². The first-order valence-electron chi connectivity index (χ1n) is 6.74. The number of anilines is 2. The Morgan fingerprint density at radius 3 is 2.10 bits per heavy atom. The maximum absolute atomic E-state index is 11.8. The molecule has 0 aromatic heterocycles. The summed E-state index contributed by atoms with van der Waals surface area (Å²) in [6.45, 7) is 6.51. The van der Waals surface area contributed by atoms with E-state index in [1.54, 1.807) is 24.3 Å². The monoisotopic (exact) mass is 291 g/mol. The fraction of sp³-hybridized carbons (Fsp3) is 0.400. The number of carbonyl (C=O) groups is 3. The van der Waals surface area contributed by atoms with E-state index >= 15 is 0 Å². The van der Waals surface area contributed by atoms with E-state index in [9.17, 15) is 14.4 Å². The van der Waals surface area contributed by atoms with Crippen molar-refractivity contribution in [1.82, 2.24) is 5.32 Å². The number of hydrogen-bond acceptors (Lipinski definition) is 3. The van der Waals surface area contributed by atoms with E-state index in [1.807, 2.05) is 13.8 Å². The van der Waals surface area contributed by atoms with Crippen LogP contribution in [0.15, 0.2) is 24.3 Å². The van der Waals surface area contributed by atoms with Gasteiger partial charge in [0.15, 0.2) is 0 Å². The van der Waals surface area contributed by atoms with Crippen LogP contribution < -0.4 is 15.5 Å². The summed E-state index contributed by atoms with van der Waals surface area (Å²) in [5, 5.41) is 5.39. The Labute approximate surface area is 124 Å². The summed E-state index contributed by atoms with van der Waals surface area (Å²) in [7, 11) is 0. The summed E-state index contributed by atoms with van der Waals surface area (Å²) in [6, 6.07) is 6.78. The van der Waals surface area contributed by atoms with E-state index < -0.39 is 0 Å². The van der Waals surface area contributed by atoms with Crippen molar-refractivity contribution >= 4 is 29.1 Å². The highest BCUT2D eigenvalue weighted by atomic mass is 16.2. The molecule has 0 unspecified atom stereocenters. The first-order valence-corrected chi connectivity index (χ1v) is 6.74. The Morgan fingerprint density at radius 1 is 1.10 bits per heavy atom. The normalized spacial score (nSPS) is 10.1. The zero-order valence-electron chi connectivity index (χ0n) is 12.8. The van der Waals surface area contributed by atoms with Crippen molar-refractivity contribution in [2.75, 3.05) is 16.8 Å². The molecule has 0 aliphatic rings. The molecule has 6 heteroatoms. The predicted octanol–water partition coefficient (Wildman–Crippen LogP) is 1.52. The molecule has 0 heterocycles. The molecule has 0 atom stereocenters. The maximum Gasteiger partial charge on any atom is 0.240 e. The third kappa shape index (κ3) is 5.64. The fourth-order valence-electron chi connectivity index (χ4n) is 1.82. The van der Waals surface area contributed by atoms with E-state index in [2.05, 4.69) is 10.6 Å². The van der Waals surface area contributed by atoms with Gasteiger partial charge in [-0.05, 0) is 38.1 Å². The second kappa shape index (κ2) is 7.42. The highest BCUT2D eigenvalue weighted by Crippen LogP contribution is 2.18. The van der Waals surface area contributed by atoms with E-state index in [0.29, 0.717) is 11.4 Å². The van der Waals surface area contributed by atoms with Gasteiger partial charge in [0, 0.05) is 31.3 Å². The molecule has 0 bridgehead atoms. The smallest absolute Gasteiger partial charge is 0.240 e. The van der Waals surface area contributed by atoms with Gasteiger partial charge in [0.1, 0.15) is 6.54 Å². The summed E-state index contributed by atoms with van der Waals surface area (Å²) in [4.78, 5) is 35.8. The SMILES string of the molecule is CC(=O)Nc1ccc(N(CC(=O)NC(C)C)C(C)=O)cc1. The largest absolute Gasteiger partial charge is 0.352 e. The van der Waals surface area contributed by atoms with Crippen molar-refractivity contribution < 1.29 is 14.4 Å². The molecule has 6 nitrogen and oxygen atoms in total. The van der Waals surface area contributed by atoms with Crippen LogP contribution in [0, 0.1) is 0 Å². The second-order valence-electron chi connectivity index (χ2n) is 5.06. The molecule has 2 N–H and O–H groups in total. The summed E-state index contributed by atoms with van der Waals surface area (Å²) in [5.41, 5.74) is 1.25. The Kier molecular flexibility index (Phi) is 5.90. The molecule has 0 aliphatic heterocycles. The van der Waals surface area contributed by atoms with Crippen LogP contribution in [0.3, 0.4) is 0 Å². The maximum atomic E-state index is 11.8. The molecule has 1 rings (SSSR count). The minimum atomic E-state index is -0.221. The van der Waals surface area contributed by atoms with Gasteiger partial charge in [-0.15, -0.1) is 0 Å². The van der Waals surface area contributed by atoms with Gasteiger partial charge >= 0.3 is 0 Å². The summed E-state index contributed by atoms with van der Waals surface area (Å²) >= 11 is 0. The minimum absolute atomic E-state index is 0.0217. The second-order valence-corrected chi connectivity index (χ2v) is 5.06. The molecular weight excluding hydrogens is 270 g/mol. The van der Waals surface area contributed by atoms with E-state index in [-0.39, 0.29) is 30.3 Å². The van der Waals surface area contributed by atoms with Crippen molar-refractivity contribution in [1.29, 1.82) is 0 Å². The zero-order valence-corrected chi connectivity index (χ0v) is 12.8. The van der Waals surface area contributed by atoms with E-state index in [4.69, 9.17) is 0 Å². The van der Waals surface area contributed by atoms with Crippen LogP contribution in [0.25, 0.3) is 0 Å². The van der Waals surface area contributed by atoms with Crippen LogP contribution in [-0.2, 0) is 14.4 Å². The number of rotatable bonds is 5. The van der Waals surface area contributed by atoms with Crippen molar-refractivity contribution in [2.24, 2.45) is 0 Å². The third-order valence-corrected chi connectivity index (χ3v) is 2.63. The van der Waals surface area contributed by atoms with Gasteiger partial charge in [-0.2, -0.15) is 0 Å². The lowest BCUT2D eigenvalue weighted by atomic mass is 10.2. The Bertz CT molecular complexity index is 523. The summed E-state index contributed by atoms with van der Waals surface area (Å²) in [6.07, 6.45) is 0. The molecule has 0 spiro atoms. The highest BCUT2D eigenvalue weighted by molar-refractivity contribution is 5.97. The molecule has 0 aliphatic carbocycles. The standard InChI is InChI=1S/C15H21N3O3/c1-10(2)16-15(21)9-18(12(4)20)14-7-5-13(6-8-14)17-11(3)19/h5-8,10H,9H2,1-4H3,(H,16,21)(H,17,19). The van der Waals surface area contributed by atoms with Gasteiger partial charge in [0.2, 0.25) is 17.7 Å². The van der Waals surface area contributed by atoms with Gasteiger partial charge in [0.05, 0.1) is 0 Å². The minimum Gasteiger partial charge on any atom is -0.352 e. The molecule has 0 saturated heterocycles. The number of nitrogens with one attached hydrogen (secondary N) is 2. The fourth-order valence-corrected chi connectivity index (χ4v) is 1.82. The molecule has 0 saturated carbocycles. The topological polar surface area (TPSA) is 78.5 Å². The average molecular weight is 291 g/mol. The van der Waals surface area contributed by atoms with Gasteiger partial charge in [0.25, 0.3) is 0 Å². The van der Waals surface area contributed by atoms with Crippen LogP contribution in [0.2, 0.25) is 0 Å². The number of amides is 3. The highest BCUT2D eigenvalue weighted by Gasteiger charge is 2.16. The van der Waals surface area contributed by atoms with Gasteiger partial charge < -0.3 is 15.5 Å². The van der Waals surface area contributed by atoms with Crippen molar-refractivity contribution in [2.45, 2.75) is 33.7 Å². The summed E-state index contributed by atoms with van der Waals surface area (Å²) < 4.78 is 0. The lowest BCUT2D eigenvalue weighted by Gasteiger charge is -2.21. The molecule has 1 aromatic carbocycles. The molecule has 114 valence electrons. The van der Waals surface area contributed by atoms with E-state index in [0.717, 1.165) is 0 Å². The quantitative estimate of drug-likeness (QED) is 0.863. The molecular formula is C15H21N3O3. The molecule has 3 amide bonds. The van der Waals surface area contributed by atoms with Crippen LogP contribution in [0.4, 0.5) is 11.4 Å². The number of benzene rings is 1. The average Bonchev–Trinajstić information content (AvgIpc) is 2.35.